The molecule has 1 aromatic carbocycles. The van der Waals surface area contributed by atoms with Gasteiger partial charge in [0.1, 0.15) is 0 Å². The van der Waals surface area contributed by atoms with Crippen LogP contribution in [0, 0.1) is 0 Å². The van der Waals surface area contributed by atoms with Crippen molar-refractivity contribution in [3.8, 4) is 0 Å². The quantitative estimate of drug-likeness (QED) is 0.668. The maximum atomic E-state index is 3.42. The molecule has 0 atom stereocenters. The van der Waals surface area contributed by atoms with E-state index in [0.29, 0.717) is 0 Å². The molecule has 1 heteroatoms. The van der Waals surface area contributed by atoms with Gasteiger partial charge in [-0.25, -0.2) is 0 Å². The van der Waals surface area contributed by atoms with Gasteiger partial charge in [-0.3, -0.25) is 0 Å². The summed E-state index contributed by atoms with van der Waals surface area (Å²) in [5, 5.41) is 3.42. The Morgan fingerprint density at radius 3 is 2.39 bits per heavy atom. The Labute approximate surface area is 112 Å². The topological polar surface area (TPSA) is 12.0 Å². The summed E-state index contributed by atoms with van der Waals surface area (Å²) in [6.07, 6.45) is 7.06. The van der Waals surface area contributed by atoms with E-state index in [2.05, 4.69) is 56.4 Å². The Morgan fingerprint density at radius 1 is 1.06 bits per heavy atom. The van der Waals surface area contributed by atoms with Crippen LogP contribution in [0.1, 0.15) is 51.2 Å². The molecule has 0 aliphatic carbocycles. The zero-order valence-electron chi connectivity index (χ0n) is 12.1. The SMILES string of the molecule is CCCNCCC=C(C)c1ccc(CCC)cc1. The lowest BCUT2D eigenvalue weighted by molar-refractivity contribution is 0.678. The first kappa shape index (κ1) is 15.0. The predicted molar refractivity (Wildman–Crippen MR) is 81.9 cm³/mol. The molecule has 0 spiro atoms. The van der Waals surface area contributed by atoms with Gasteiger partial charge in [0.05, 0.1) is 0 Å². The summed E-state index contributed by atoms with van der Waals surface area (Å²) in [6, 6.07) is 9.00. The summed E-state index contributed by atoms with van der Waals surface area (Å²) < 4.78 is 0. The molecule has 0 saturated heterocycles. The van der Waals surface area contributed by atoms with Crippen molar-refractivity contribution in [2.24, 2.45) is 0 Å². The van der Waals surface area contributed by atoms with E-state index in [1.54, 1.807) is 0 Å². The molecule has 1 rings (SSSR count). The van der Waals surface area contributed by atoms with Crippen molar-refractivity contribution in [2.45, 2.75) is 46.5 Å². The Balaban J connectivity index is 2.44. The van der Waals surface area contributed by atoms with Crippen LogP contribution in [-0.4, -0.2) is 13.1 Å². The van der Waals surface area contributed by atoms with Crippen LogP contribution in [0.4, 0.5) is 0 Å². The maximum absolute atomic E-state index is 3.42. The zero-order valence-corrected chi connectivity index (χ0v) is 12.1. The number of aryl methyl sites for hydroxylation is 1. The average molecular weight is 245 g/mol. The van der Waals surface area contributed by atoms with Crippen molar-refractivity contribution in [3.05, 3.63) is 41.5 Å². The highest BCUT2D eigenvalue weighted by molar-refractivity contribution is 5.63. The lowest BCUT2D eigenvalue weighted by atomic mass is 10.0. The van der Waals surface area contributed by atoms with Gasteiger partial charge in [-0.1, -0.05) is 50.6 Å². The lowest BCUT2D eigenvalue weighted by Crippen LogP contribution is -2.15. The maximum Gasteiger partial charge on any atom is -0.00141 e. The fourth-order valence-electron chi connectivity index (χ4n) is 2.03. The van der Waals surface area contributed by atoms with Crippen LogP contribution in [0.3, 0.4) is 0 Å². The van der Waals surface area contributed by atoms with Crippen LogP contribution < -0.4 is 5.32 Å². The second-order valence-corrected chi connectivity index (χ2v) is 4.87. The van der Waals surface area contributed by atoms with Crippen molar-refractivity contribution in [1.29, 1.82) is 0 Å². The molecule has 100 valence electrons. The van der Waals surface area contributed by atoms with Crippen LogP contribution in [0.2, 0.25) is 0 Å². The number of allylic oxidation sites excluding steroid dienone is 1. The fraction of sp³-hybridized carbons (Fsp3) is 0.529. The molecule has 0 heterocycles. The smallest absolute Gasteiger partial charge is 0.00141 e. The molecular formula is C17H27N. The summed E-state index contributed by atoms with van der Waals surface area (Å²) >= 11 is 0. The Kier molecular flexibility index (Phi) is 7.43. The number of benzene rings is 1. The molecule has 0 aliphatic rings. The number of hydrogen-bond acceptors (Lipinski definition) is 1. The third kappa shape index (κ3) is 5.50. The number of rotatable bonds is 8. The van der Waals surface area contributed by atoms with E-state index in [1.165, 1.54) is 36.0 Å². The van der Waals surface area contributed by atoms with E-state index >= 15 is 0 Å². The largest absolute Gasteiger partial charge is 0.316 e. The minimum Gasteiger partial charge on any atom is -0.316 e. The van der Waals surface area contributed by atoms with Crippen molar-refractivity contribution < 1.29 is 0 Å². The Bertz CT molecular complexity index is 348. The third-order valence-corrected chi connectivity index (χ3v) is 3.15. The molecule has 1 aromatic rings. The highest BCUT2D eigenvalue weighted by Gasteiger charge is 1.96. The molecule has 18 heavy (non-hydrogen) atoms. The molecule has 0 radical (unpaired) electrons. The van der Waals surface area contributed by atoms with E-state index in [4.69, 9.17) is 0 Å². The molecule has 0 bridgehead atoms. The first-order valence-corrected chi connectivity index (χ1v) is 7.24. The Hall–Kier alpha value is -1.08. The highest BCUT2D eigenvalue weighted by Crippen LogP contribution is 2.15. The highest BCUT2D eigenvalue weighted by atomic mass is 14.8. The molecule has 0 aliphatic heterocycles. The van der Waals surface area contributed by atoms with E-state index in [9.17, 15) is 0 Å². The van der Waals surface area contributed by atoms with E-state index in [-0.39, 0.29) is 0 Å². The van der Waals surface area contributed by atoms with Gasteiger partial charge in [0, 0.05) is 0 Å². The molecule has 0 saturated carbocycles. The molecule has 1 nitrogen and oxygen atoms in total. The molecule has 0 aromatic heterocycles. The van der Waals surface area contributed by atoms with Gasteiger partial charge in [-0.15, -0.1) is 0 Å². The van der Waals surface area contributed by atoms with Crippen molar-refractivity contribution in [2.75, 3.05) is 13.1 Å². The summed E-state index contributed by atoms with van der Waals surface area (Å²) in [7, 11) is 0. The molecule has 1 N–H and O–H groups in total. The van der Waals surface area contributed by atoms with Gasteiger partial charge in [0.15, 0.2) is 0 Å². The molecule has 0 unspecified atom stereocenters. The van der Waals surface area contributed by atoms with Crippen molar-refractivity contribution in [1.82, 2.24) is 5.32 Å². The van der Waals surface area contributed by atoms with Gasteiger partial charge < -0.3 is 5.32 Å². The summed E-state index contributed by atoms with van der Waals surface area (Å²) in [6.45, 7) is 8.83. The van der Waals surface area contributed by atoms with Gasteiger partial charge in [-0.05, 0) is 56.0 Å². The van der Waals surface area contributed by atoms with Gasteiger partial charge in [0.2, 0.25) is 0 Å². The predicted octanol–water partition coefficient (Wildman–Crippen LogP) is 4.43. The minimum atomic E-state index is 1.08. The number of hydrogen-bond donors (Lipinski definition) is 1. The van der Waals surface area contributed by atoms with E-state index in [0.717, 1.165) is 19.5 Å². The van der Waals surface area contributed by atoms with Crippen LogP contribution in [-0.2, 0) is 6.42 Å². The Morgan fingerprint density at radius 2 is 1.78 bits per heavy atom. The second kappa shape index (κ2) is 8.93. The standard InChI is InChI=1S/C17H27N/c1-4-7-16-9-11-17(12-10-16)15(3)8-6-14-18-13-5-2/h8-12,18H,4-7,13-14H2,1-3H3. The van der Waals surface area contributed by atoms with E-state index < -0.39 is 0 Å². The van der Waals surface area contributed by atoms with Crippen LogP contribution >= 0.6 is 0 Å². The van der Waals surface area contributed by atoms with Crippen LogP contribution in [0.25, 0.3) is 5.57 Å². The molecule has 0 amide bonds. The lowest BCUT2D eigenvalue weighted by Gasteiger charge is -2.05. The molecular weight excluding hydrogens is 218 g/mol. The summed E-state index contributed by atoms with van der Waals surface area (Å²) in [4.78, 5) is 0. The van der Waals surface area contributed by atoms with Crippen LogP contribution in [0.15, 0.2) is 30.3 Å². The third-order valence-electron chi connectivity index (χ3n) is 3.15. The monoisotopic (exact) mass is 245 g/mol. The number of nitrogens with one attached hydrogen (secondary N) is 1. The summed E-state index contributed by atoms with van der Waals surface area (Å²) in [5.41, 5.74) is 4.18. The van der Waals surface area contributed by atoms with Gasteiger partial charge in [0.25, 0.3) is 0 Å². The normalized spacial score (nSPS) is 11.8. The van der Waals surface area contributed by atoms with E-state index in [1.807, 2.05) is 0 Å². The summed E-state index contributed by atoms with van der Waals surface area (Å²) in [5.74, 6) is 0. The average Bonchev–Trinajstić information content (AvgIpc) is 2.39. The second-order valence-electron chi connectivity index (χ2n) is 4.87. The van der Waals surface area contributed by atoms with Crippen LogP contribution in [0.5, 0.6) is 0 Å². The molecule has 0 fully saturated rings. The zero-order chi connectivity index (χ0) is 13.2. The van der Waals surface area contributed by atoms with Crippen molar-refractivity contribution >= 4 is 5.57 Å². The van der Waals surface area contributed by atoms with Gasteiger partial charge in [-0.2, -0.15) is 0 Å². The van der Waals surface area contributed by atoms with Gasteiger partial charge >= 0.3 is 0 Å². The first-order valence-electron chi connectivity index (χ1n) is 7.24. The minimum absolute atomic E-state index is 1.08. The first-order chi connectivity index (χ1) is 8.77. The van der Waals surface area contributed by atoms with Crippen molar-refractivity contribution in [3.63, 3.8) is 0 Å². The fourth-order valence-corrected chi connectivity index (χ4v) is 2.03.